The van der Waals surface area contributed by atoms with E-state index >= 15 is 0 Å². The minimum Gasteiger partial charge on any atom is -0.477 e. The Hall–Kier alpha value is -1.65. The van der Waals surface area contributed by atoms with Gasteiger partial charge in [-0.15, -0.1) is 0 Å². The van der Waals surface area contributed by atoms with Crippen LogP contribution in [0.5, 0.6) is 0 Å². The molecule has 0 aliphatic rings. The molecule has 0 saturated carbocycles. The zero-order valence-electron chi connectivity index (χ0n) is 9.10. The summed E-state index contributed by atoms with van der Waals surface area (Å²) in [6.45, 7) is 0. The summed E-state index contributed by atoms with van der Waals surface area (Å²) in [5.74, 6) is -0.681. The number of hydrogen-bond acceptors (Lipinski definition) is 3. The number of aromatic nitrogens is 2. The van der Waals surface area contributed by atoms with Crippen LogP contribution in [0.15, 0.2) is 30.5 Å². The predicted octanol–water partition coefficient (Wildman–Crippen LogP) is 3.07. The molecule has 2 rings (SSSR count). The molecule has 0 radical (unpaired) electrons. The van der Waals surface area contributed by atoms with E-state index in [1.54, 1.807) is 18.2 Å². The number of hydrogen-bond donors (Lipinski definition) is 1. The maximum atomic E-state index is 10.8. The lowest BCUT2D eigenvalue weighted by Crippen LogP contribution is -2.05. The molecule has 0 atom stereocenters. The summed E-state index contributed by atoms with van der Waals surface area (Å²) in [7, 11) is 0. The molecule has 0 aliphatic heterocycles. The van der Waals surface area contributed by atoms with E-state index in [1.165, 1.54) is 12.3 Å². The van der Waals surface area contributed by atoms with Crippen LogP contribution in [0.2, 0.25) is 10.0 Å². The third-order valence-electron chi connectivity index (χ3n) is 2.29. The van der Waals surface area contributed by atoms with Gasteiger partial charge in [0.15, 0.2) is 5.69 Å². The first-order chi connectivity index (χ1) is 8.56. The first kappa shape index (κ1) is 12.8. The van der Waals surface area contributed by atoms with Crippen LogP contribution in [0.4, 0.5) is 0 Å². The van der Waals surface area contributed by atoms with Crippen molar-refractivity contribution in [1.82, 2.24) is 9.97 Å². The second kappa shape index (κ2) is 5.33. The highest BCUT2D eigenvalue weighted by molar-refractivity contribution is 6.35. The average Bonchev–Trinajstić information content (AvgIpc) is 2.33. The number of nitrogens with zero attached hydrogens (tertiary/aromatic N) is 2. The fourth-order valence-electron chi connectivity index (χ4n) is 1.44. The van der Waals surface area contributed by atoms with Crippen molar-refractivity contribution >= 4 is 29.2 Å². The van der Waals surface area contributed by atoms with Crippen LogP contribution in [0.3, 0.4) is 0 Å². The van der Waals surface area contributed by atoms with Crippen molar-refractivity contribution in [3.8, 4) is 0 Å². The van der Waals surface area contributed by atoms with Gasteiger partial charge >= 0.3 is 5.97 Å². The first-order valence-corrected chi connectivity index (χ1v) is 5.81. The van der Waals surface area contributed by atoms with Crippen LogP contribution in [0.25, 0.3) is 0 Å². The number of benzene rings is 1. The smallest absolute Gasteiger partial charge is 0.354 e. The van der Waals surface area contributed by atoms with E-state index in [1.807, 2.05) is 0 Å². The Morgan fingerprint density at radius 3 is 2.72 bits per heavy atom. The summed E-state index contributed by atoms with van der Waals surface area (Å²) in [4.78, 5) is 18.7. The van der Waals surface area contributed by atoms with Gasteiger partial charge in [-0.05, 0) is 23.8 Å². The highest BCUT2D eigenvalue weighted by Crippen LogP contribution is 2.22. The molecule has 18 heavy (non-hydrogen) atoms. The SMILES string of the molecule is O=C(O)c1ccnc(Cc2ccc(Cl)cc2Cl)n1. The molecule has 2 aromatic rings. The first-order valence-electron chi connectivity index (χ1n) is 5.05. The highest BCUT2D eigenvalue weighted by Gasteiger charge is 2.08. The molecule has 1 aromatic carbocycles. The molecule has 1 aromatic heterocycles. The van der Waals surface area contributed by atoms with Gasteiger partial charge in [0.2, 0.25) is 0 Å². The standard InChI is InChI=1S/C12H8Cl2N2O2/c13-8-2-1-7(9(14)6-8)5-11-15-4-3-10(16-11)12(17)18/h1-4,6H,5H2,(H,17,18). The summed E-state index contributed by atoms with van der Waals surface area (Å²) in [6, 6.07) is 6.44. The zero-order valence-corrected chi connectivity index (χ0v) is 10.6. The molecular weight excluding hydrogens is 275 g/mol. The number of carboxylic acid groups (broad SMARTS) is 1. The van der Waals surface area contributed by atoms with Gasteiger partial charge in [0.25, 0.3) is 0 Å². The quantitative estimate of drug-likeness (QED) is 0.940. The monoisotopic (exact) mass is 282 g/mol. The third kappa shape index (κ3) is 2.97. The minimum absolute atomic E-state index is 0.0370. The fraction of sp³-hybridized carbons (Fsp3) is 0.0833. The van der Waals surface area contributed by atoms with Crippen molar-refractivity contribution in [2.24, 2.45) is 0 Å². The molecule has 0 saturated heterocycles. The van der Waals surface area contributed by atoms with Crippen LogP contribution in [-0.4, -0.2) is 21.0 Å². The van der Waals surface area contributed by atoms with Crippen LogP contribution < -0.4 is 0 Å². The lowest BCUT2D eigenvalue weighted by Gasteiger charge is -2.04. The third-order valence-corrected chi connectivity index (χ3v) is 2.88. The second-order valence-electron chi connectivity index (χ2n) is 3.58. The summed E-state index contributed by atoms with van der Waals surface area (Å²) in [5.41, 5.74) is 0.758. The van der Waals surface area contributed by atoms with Gasteiger partial charge in [-0.3, -0.25) is 0 Å². The van der Waals surface area contributed by atoms with Crippen LogP contribution >= 0.6 is 23.2 Å². The Kier molecular flexibility index (Phi) is 3.79. The zero-order chi connectivity index (χ0) is 13.1. The van der Waals surface area contributed by atoms with Crippen LogP contribution in [0.1, 0.15) is 21.9 Å². The lowest BCUT2D eigenvalue weighted by atomic mass is 10.1. The molecule has 0 aliphatic carbocycles. The number of carboxylic acids is 1. The molecule has 1 heterocycles. The molecule has 0 unspecified atom stereocenters. The maximum Gasteiger partial charge on any atom is 0.354 e. The molecule has 92 valence electrons. The summed E-state index contributed by atoms with van der Waals surface area (Å²) >= 11 is 11.8. The molecule has 6 heteroatoms. The van der Waals surface area contributed by atoms with Crippen molar-refractivity contribution in [1.29, 1.82) is 0 Å². The van der Waals surface area contributed by atoms with Gasteiger partial charge in [0.1, 0.15) is 5.82 Å². The predicted molar refractivity (Wildman–Crippen MR) is 68.3 cm³/mol. The van der Waals surface area contributed by atoms with E-state index in [4.69, 9.17) is 28.3 Å². The van der Waals surface area contributed by atoms with Crippen molar-refractivity contribution < 1.29 is 9.90 Å². The number of rotatable bonds is 3. The Morgan fingerprint density at radius 1 is 1.28 bits per heavy atom. The largest absolute Gasteiger partial charge is 0.477 e. The van der Waals surface area contributed by atoms with Gasteiger partial charge in [0, 0.05) is 22.7 Å². The van der Waals surface area contributed by atoms with Crippen molar-refractivity contribution in [2.45, 2.75) is 6.42 Å². The van der Waals surface area contributed by atoms with Crippen LogP contribution in [0, 0.1) is 0 Å². The topological polar surface area (TPSA) is 63.1 Å². The fourth-order valence-corrected chi connectivity index (χ4v) is 1.91. The molecular formula is C12H8Cl2N2O2. The van der Waals surface area contributed by atoms with E-state index in [9.17, 15) is 4.79 Å². The normalized spacial score (nSPS) is 10.3. The molecule has 0 amide bonds. The van der Waals surface area contributed by atoms with Gasteiger partial charge in [-0.1, -0.05) is 29.3 Å². The molecule has 0 fully saturated rings. The summed E-state index contributed by atoms with van der Waals surface area (Å²) < 4.78 is 0. The van der Waals surface area contributed by atoms with E-state index in [0.29, 0.717) is 22.3 Å². The van der Waals surface area contributed by atoms with E-state index in [-0.39, 0.29) is 5.69 Å². The Bertz CT molecular complexity index is 602. The molecule has 4 nitrogen and oxygen atoms in total. The maximum absolute atomic E-state index is 10.8. The Balaban J connectivity index is 2.28. The van der Waals surface area contributed by atoms with E-state index in [0.717, 1.165) is 5.56 Å². The van der Waals surface area contributed by atoms with Gasteiger partial charge in [-0.25, -0.2) is 14.8 Å². The Labute approximate surface area is 113 Å². The molecule has 0 spiro atoms. The summed E-state index contributed by atoms with van der Waals surface area (Å²) in [5, 5.41) is 9.88. The minimum atomic E-state index is -1.08. The van der Waals surface area contributed by atoms with Gasteiger partial charge in [-0.2, -0.15) is 0 Å². The van der Waals surface area contributed by atoms with Gasteiger partial charge in [0.05, 0.1) is 0 Å². The number of carbonyl (C=O) groups is 1. The second-order valence-corrected chi connectivity index (χ2v) is 4.42. The van der Waals surface area contributed by atoms with Crippen molar-refractivity contribution in [2.75, 3.05) is 0 Å². The van der Waals surface area contributed by atoms with Crippen LogP contribution in [-0.2, 0) is 6.42 Å². The van der Waals surface area contributed by atoms with Crippen molar-refractivity contribution in [3.05, 3.63) is 57.6 Å². The number of halogens is 2. The van der Waals surface area contributed by atoms with Gasteiger partial charge < -0.3 is 5.11 Å². The lowest BCUT2D eigenvalue weighted by molar-refractivity contribution is 0.0690. The highest BCUT2D eigenvalue weighted by atomic mass is 35.5. The van der Waals surface area contributed by atoms with Crippen molar-refractivity contribution in [3.63, 3.8) is 0 Å². The molecule has 1 N–H and O–H groups in total. The van der Waals surface area contributed by atoms with E-state index < -0.39 is 5.97 Å². The average molecular weight is 283 g/mol. The Morgan fingerprint density at radius 2 is 2.06 bits per heavy atom. The molecule has 0 bridgehead atoms. The number of aromatic carboxylic acids is 1. The summed E-state index contributed by atoms with van der Waals surface area (Å²) in [6.07, 6.45) is 1.77. The van der Waals surface area contributed by atoms with E-state index in [2.05, 4.69) is 9.97 Å².